The third kappa shape index (κ3) is 4.32. The zero-order chi connectivity index (χ0) is 13.7. The van der Waals surface area contributed by atoms with Gasteiger partial charge in [0.05, 0.1) is 0 Å². The normalized spacial score (nSPS) is 14.7. The van der Waals surface area contributed by atoms with Gasteiger partial charge in [0.15, 0.2) is 0 Å². The molecule has 1 fully saturated rings. The highest BCUT2D eigenvalue weighted by Gasteiger charge is 2.27. The molecule has 0 saturated heterocycles. The average molecular weight is 325 g/mol. The van der Waals surface area contributed by atoms with Crippen LogP contribution in [0.1, 0.15) is 35.7 Å². The molecule has 19 heavy (non-hydrogen) atoms. The Balaban J connectivity index is 1.76. The monoisotopic (exact) mass is 324 g/mol. The van der Waals surface area contributed by atoms with Crippen LogP contribution in [0.25, 0.3) is 0 Å². The van der Waals surface area contributed by atoms with E-state index in [4.69, 9.17) is 0 Å². The van der Waals surface area contributed by atoms with Crippen LogP contribution in [0.15, 0.2) is 24.3 Å². The van der Waals surface area contributed by atoms with Crippen molar-refractivity contribution in [3.8, 4) is 0 Å². The molecule has 1 aliphatic rings. The van der Waals surface area contributed by atoms with Crippen molar-refractivity contribution in [2.24, 2.45) is 0 Å². The molecule has 4 heteroatoms. The van der Waals surface area contributed by atoms with E-state index in [9.17, 15) is 4.79 Å². The Morgan fingerprint density at radius 1 is 1.37 bits per heavy atom. The number of amides is 1. The van der Waals surface area contributed by atoms with E-state index in [1.165, 1.54) is 18.4 Å². The van der Waals surface area contributed by atoms with Crippen molar-refractivity contribution < 1.29 is 4.79 Å². The van der Waals surface area contributed by atoms with Gasteiger partial charge in [-0.3, -0.25) is 9.69 Å². The smallest absolute Gasteiger partial charge is 0.251 e. The van der Waals surface area contributed by atoms with E-state index in [2.05, 4.69) is 33.1 Å². The van der Waals surface area contributed by atoms with E-state index in [-0.39, 0.29) is 5.91 Å². The molecule has 0 unspecified atom stereocenters. The fourth-order valence-electron chi connectivity index (χ4n) is 2.20. The Morgan fingerprint density at radius 3 is 2.58 bits per heavy atom. The number of rotatable bonds is 7. The van der Waals surface area contributed by atoms with E-state index in [0.717, 1.165) is 36.6 Å². The number of alkyl halides is 1. The third-order valence-corrected chi connectivity index (χ3v) is 4.17. The number of likely N-dealkylation sites (N-methyl/N-ethyl adjacent to an activating group) is 1. The first-order valence-corrected chi connectivity index (χ1v) is 8.04. The number of hydrogen-bond acceptors (Lipinski definition) is 2. The van der Waals surface area contributed by atoms with Crippen molar-refractivity contribution in [3.05, 3.63) is 35.4 Å². The first-order chi connectivity index (χ1) is 9.24. The van der Waals surface area contributed by atoms with Gasteiger partial charge in [0, 0.05) is 30.0 Å². The van der Waals surface area contributed by atoms with Crippen molar-refractivity contribution in [1.29, 1.82) is 0 Å². The maximum absolute atomic E-state index is 12.0. The molecule has 104 valence electrons. The number of hydrogen-bond donors (Lipinski definition) is 1. The summed E-state index contributed by atoms with van der Waals surface area (Å²) in [6.45, 7) is 4.93. The quantitative estimate of drug-likeness (QED) is 0.782. The number of carbonyl (C=O) groups excluding carboxylic acids is 1. The Morgan fingerprint density at radius 2 is 2.05 bits per heavy atom. The van der Waals surface area contributed by atoms with Gasteiger partial charge >= 0.3 is 0 Å². The second-order valence-electron chi connectivity index (χ2n) is 4.95. The van der Waals surface area contributed by atoms with Gasteiger partial charge in [-0.05, 0) is 37.1 Å². The molecule has 1 aromatic rings. The Hall–Kier alpha value is -0.870. The fraction of sp³-hybridized carbons (Fsp3) is 0.533. The van der Waals surface area contributed by atoms with E-state index >= 15 is 0 Å². The van der Waals surface area contributed by atoms with E-state index < -0.39 is 0 Å². The summed E-state index contributed by atoms with van der Waals surface area (Å²) >= 11 is 3.40. The van der Waals surface area contributed by atoms with Gasteiger partial charge in [0.1, 0.15) is 0 Å². The van der Waals surface area contributed by atoms with Crippen LogP contribution >= 0.6 is 15.9 Å². The molecule has 1 amide bonds. The van der Waals surface area contributed by atoms with E-state index in [1.807, 2.05) is 24.3 Å². The highest BCUT2D eigenvalue weighted by molar-refractivity contribution is 9.08. The minimum atomic E-state index is 0.0213. The number of benzene rings is 1. The molecule has 1 N–H and O–H groups in total. The van der Waals surface area contributed by atoms with Crippen LogP contribution in [-0.2, 0) is 5.33 Å². The van der Waals surface area contributed by atoms with Crippen LogP contribution in [-0.4, -0.2) is 36.5 Å². The number of carbonyl (C=O) groups is 1. The van der Waals surface area contributed by atoms with Gasteiger partial charge in [-0.25, -0.2) is 0 Å². The molecule has 1 aliphatic carbocycles. The van der Waals surface area contributed by atoms with E-state index in [0.29, 0.717) is 0 Å². The SMILES string of the molecule is CCN(CCNC(=O)c1ccc(CBr)cc1)C1CC1. The molecule has 0 aliphatic heterocycles. The maximum atomic E-state index is 12.0. The number of nitrogens with one attached hydrogen (secondary N) is 1. The van der Waals surface area contributed by atoms with Gasteiger partial charge in [0.2, 0.25) is 0 Å². The fourth-order valence-corrected chi connectivity index (χ4v) is 2.57. The van der Waals surface area contributed by atoms with Crippen molar-refractivity contribution in [1.82, 2.24) is 10.2 Å². The second kappa shape index (κ2) is 7.06. The summed E-state index contributed by atoms with van der Waals surface area (Å²) in [4.78, 5) is 14.4. The molecular formula is C15H21BrN2O. The highest BCUT2D eigenvalue weighted by atomic mass is 79.9. The second-order valence-corrected chi connectivity index (χ2v) is 5.51. The lowest BCUT2D eigenvalue weighted by Crippen LogP contribution is -2.36. The van der Waals surface area contributed by atoms with Crippen molar-refractivity contribution in [3.63, 3.8) is 0 Å². The zero-order valence-corrected chi connectivity index (χ0v) is 12.9. The van der Waals surface area contributed by atoms with Crippen LogP contribution in [0.2, 0.25) is 0 Å². The van der Waals surface area contributed by atoms with Crippen molar-refractivity contribution in [2.45, 2.75) is 31.1 Å². The van der Waals surface area contributed by atoms with Crippen molar-refractivity contribution >= 4 is 21.8 Å². The van der Waals surface area contributed by atoms with Gasteiger partial charge < -0.3 is 5.32 Å². The molecule has 0 heterocycles. The number of halogens is 1. The minimum Gasteiger partial charge on any atom is -0.351 e. The van der Waals surface area contributed by atoms with Crippen LogP contribution in [0.3, 0.4) is 0 Å². The Kier molecular flexibility index (Phi) is 5.40. The van der Waals surface area contributed by atoms with E-state index in [1.54, 1.807) is 0 Å². The molecule has 0 bridgehead atoms. The van der Waals surface area contributed by atoms with Gasteiger partial charge in [-0.1, -0.05) is 35.0 Å². The van der Waals surface area contributed by atoms with Gasteiger partial charge in [-0.15, -0.1) is 0 Å². The molecule has 1 saturated carbocycles. The van der Waals surface area contributed by atoms with Crippen molar-refractivity contribution in [2.75, 3.05) is 19.6 Å². The molecule has 0 aromatic heterocycles. The Bertz CT molecular complexity index is 415. The van der Waals surface area contributed by atoms with Crippen LogP contribution in [0.5, 0.6) is 0 Å². The summed E-state index contributed by atoms with van der Waals surface area (Å²) in [5.41, 5.74) is 1.92. The summed E-state index contributed by atoms with van der Waals surface area (Å²) in [5.74, 6) is 0.0213. The average Bonchev–Trinajstić information content (AvgIpc) is 3.28. The highest BCUT2D eigenvalue weighted by Crippen LogP contribution is 2.25. The summed E-state index contributed by atoms with van der Waals surface area (Å²) in [6, 6.07) is 8.48. The van der Waals surface area contributed by atoms with Gasteiger partial charge in [-0.2, -0.15) is 0 Å². The summed E-state index contributed by atoms with van der Waals surface area (Å²) < 4.78 is 0. The lowest BCUT2D eigenvalue weighted by atomic mass is 10.1. The van der Waals surface area contributed by atoms with Gasteiger partial charge in [0.25, 0.3) is 5.91 Å². The predicted molar refractivity (Wildman–Crippen MR) is 81.7 cm³/mol. The lowest BCUT2D eigenvalue weighted by Gasteiger charge is -2.19. The standard InChI is InChI=1S/C15H21BrN2O/c1-2-18(14-7-8-14)10-9-17-15(19)13-5-3-12(11-16)4-6-13/h3-6,14H,2,7-11H2,1H3,(H,17,19). The lowest BCUT2D eigenvalue weighted by molar-refractivity contribution is 0.0948. The first kappa shape index (κ1) is 14.5. The summed E-state index contributed by atoms with van der Waals surface area (Å²) in [6.07, 6.45) is 2.63. The van der Waals surface area contributed by atoms with Crippen LogP contribution < -0.4 is 5.32 Å². The molecule has 0 spiro atoms. The number of nitrogens with zero attached hydrogens (tertiary/aromatic N) is 1. The van der Waals surface area contributed by atoms with Crippen LogP contribution in [0, 0.1) is 0 Å². The predicted octanol–water partition coefficient (Wildman–Crippen LogP) is 2.80. The summed E-state index contributed by atoms with van der Waals surface area (Å²) in [5, 5.41) is 3.81. The molecule has 1 aromatic carbocycles. The minimum absolute atomic E-state index is 0.0213. The molecule has 0 radical (unpaired) electrons. The first-order valence-electron chi connectivity index (χ1n) is 6.91. The summed E-state index contributed by atoms with van der Waals surface area (Å²) in [7, 11) is 0. The zero-order valence-electron chi connectivity index (χ0n) is 11.4. The molecule has 3 nitrogen and oxygen atoms in total. The molecule has 2 rings (SSSR count). The third-order valence-electron chi connectivity index (χ3n) is 3.52. The largest absolute Gasteiger partial charge is 0.351 e. The molecular weight excluding hydrogens is 304 g/mol. The van der Waals surface area contributed by atoms with Crippen LogP contribution in [0.4, 0.5) is 0 Å². The molecule has 0 atom stereocenters. The topological polar surface area (TPSA) is 32.3 Å². The Labute approximate surface area is 123 Å². The maximum Gasteiger partial charge on any atom is 0.251 e.